The average molecular weight is 473 g/mol. The molecule has 0 N–H and O–H groups in total. The zero-order valence-electron chi connectivity index (χ0n) is 21.0. The molecule has 2 aromatic carbocycles. The van der Waals surface area contributed by atoms with Gasteiger partial charge in [0, 0.05) is 5.92 Å². The van der Waals surface area contributed by atoms with Crippen LogP contribution in [-0.4, -0.2) is 23.6 Å². The lowest BCUT2D eigenvalue weighted by Gasteiger charge is -2.48. The lowest BCUT2D eigenvalue weighted by atomic mass is 9.67. The van der Waals surface area contributed by atoms with Crippen molar-refractivity contribution >= 4 is 11.9 Å². The SMILES string of the molecule is CCCC1=CC=C(C(C)C)C(OC(=O)c2ccccc2)(C2CCCC2)C1OC(=O)c1ccccc1. The molecule has 0 heterocycles. The Morgan fingerprint density at radius 2 is 1.46 bits per heavy atom. The van der Waals surface area contributed by atoms with Gasteiger partial charge in [0.05, 0.1) is 11.1 Å². The van der Waals surface area contributed by atoms with Crippen LogP contribution in [0.2, 0.25) is 0 Å². The van der Waals surface area contributed by atoms with Crippen molar-refractivity contribution < 1.29 is 19.1 Å². The van der Waals surface area contributed by atoms with E-state index in [4.69, 9.17) is 9.47 Å². The van der Waals surface area contributed by atoms with Crippen LogP contribution in [-0.2, 0) is 9.47 Å². The van der Waals surface area contributed by atoms with Gasteiger partial charge in [-0.1, -0.05) is 88.6 Å². The number of hydrogen-bond donors (Lipinski definition) is 0. The van der Waals surface area contributed by atoms with E-state index in [0.717, 1.165) is 49.7 Å². The molecule has 0 bridgehead atoms. The van der Waals surface area contributed by atoms with Crippen molar-refractivity contribution in [1.82, 2.24) is 0 Å². The number of carbonyl (C=O) groups is 2. The largest absolute Gasteiger partial charge is 0.450 e. The number of allylic oxidation sites excluding steroid dienone is 2. The highest BCUT2D eigenvalue weighted by Crippen LogP contribution is 2.51. The summed E-state index contributed by atoms with van der Waals surface area (Å²) in [5.74, 6) is -0.558. The molecule has 2 aliphatic carbocycles. The normalized spacial score (nSPS) is 22.5. The topological polar surface area (TPSA) is 52.6 Å². The number of esters is 2. The molecule has 2 aliphatic rings. The third-order valence-corrected chi connectivity index (χ3v) is 7.28. The monoisotopic (exact) mass is 472 g/mol. The predicted molar refractivity (Wildman–Crippen MR) is 138 cm³/mol. The number of rotatable bonds is 8. The molecule has 0 saturated heterocycles. The molecule has 2 atom stereocenters. The van der Waals surface area contributed by atoms with Gasteiger partial charge in [-0.15, -0.1) is 0 Å². The fraction of sp³-hybridized carbons (Fsp3) is 0.419. The van der Waals surface area contributed by atoms with Crippen molar-refractivity contribution in [2.45, 2.75) is 71.0 Å². The molecule has 0 aromatic heterocycles. The van der Waals surface area contributed by atoms with E-state index in [9.17, 15) is 9.59 Å². The first kappa shape index (κ1) is 25.0. The van der Waals surface area contributed by atoms with Crippen molar-refractivity contribution in [2.24, 2.45) is 11.8 Å². The minimum Gasteiger partial charge on any atom is -0.450 e. The highest BCUT2D eigenvalue weighted by atomic mass is 16.6. The van der Waals surface area contributed by atoms with E-state index in [-0.39, 0.29) is 23.8 Å². The lowest BCUT2D eigenvalue weighted by Crippen LogP contribution is -2.57. The van der Waals surface area contributed by atoms with E-state index in [0.29, 0.717) is 11.1 Å². The summed E-state index contributed by atoms with van der Waals surface area (Å²) in [5, 5.41) is 0. The van der Waals surface area contributed by atoms with Crippen LogP contribution >= 0.6 is 0 Å². The van der Waals surface area contributed by atoms with Crippen LogP contribution in [0.15, 0.2) is 84.0 Å². The molecule has 4 heteroatoms. The highest BCUT2D eigenvalue weighted by Gasteiger charge is 2.57. The quantitative estimate of drug-likeness (QED) is 0.378. The van der Waals surface area contributed by atoms with E-state index in [1.54, 1.807) is 24.3 Å². The molecule has 0 radical (unpaired) electrons. The zero-order chi connectivity index (χ0) is 24.8. The zero-order valence-corrected chi connectivity index (χ0v) is 21.0. The van der Waals surface area contributed by atoms with Gasteiger partial charge in [0.1, 0.15) is 0 Å². The second kappa shape index (κ2) is 11.1. The van der Waals surface area contributed by atoms with E-state index >= 15 is 0 Å². The summed E-state index contributed by atoms with van der Waals surface area (Å²) < 4.78 is 13.0. The Balaban J connectivity index is 1.84. The third-order valence-electron chi connectivity index (χ3n) is 7.28. The van der Waals surface area contributed by atoms with E-state index < -0.39 is 11.7 Å². The molecule has 4 nitrogen and oxygen atoms in total. The van der Waals surface area contributed by atoms with E-state index in [1.165, 1.54) is 0 Å². The van der Waals surface area contributed by atoms with Gasteiger partial charge in [-0.05, 0) is 60.6 Å². The Labute approximate surface area is 209 Å². The fourth-order valence-electron chi connectivity index (χ4n) is 5.69. The lowest BCUT2D eigenvalue weighted by molar-refractivity contribution is -0.0986. The van der Waals surface area contributed by atoms with Crippen molar-refractivity contribution in [3.05, 3.63) is 95.1 Å². The van der Waals surface area contributed by atoms with Gasteiger partial charge >= 0.3 is 11.9 Å². The second-order valence-corrected chi connectivity index (χ2v) is 9.95. The Bertz CT molecular complexity index is 1080. The van der Waals surface area contributed by atoms with Crippen molar-refractivity contribution in [3.63, 3.8) is 0 Å². The van der Waals surface area contributed by atoms with Gasteiger partial charge in [-0.25, -0.2) is 9.59 Å². The molecule has 0 aliphatic heterocycles. The van der Waals surface area contributed by atoms with Crippen LogP contribution in [0, 0.1) is 11.8 Å². The molecular weight excluding hydrogens is 436 g/mol. The summed E-state index contributed by atoms with van der Waals surface area (Å²) in [7, 11) is 0. The molecule has 35 heavy (non-hydrogen) atoms. The second-order valence-electron chi connectivity index (χ2n) is 9.95. The molecule has 1 fully saturated rings. The van der Waals surface area contributed by atoms with Crippen molar-refractivity contribution in [1.29, 1.82) is 0 Å². The first-order valence-electron chi connectivity index (χ1n) is 12.9. The number of hydrogen-bond acceptors (Lipinski definition) is 4. The van der Waals surface area contributed by atoms with Crippen LogP contribution in [0.5, 0.6) is 0 Å². The standard InChI is InChI=1S/C31H36O4/c1-4-13-23-20-21-27(22(2)3)31(26-18-11-12-19-26,35-30(33)25-16-9-6-10-17-25)28(23)34-29(32)24-14-7-5-8-15-24/h5-10,14-17,20-22,26,28H,4,11-13,18-19H2,1-3H3. The van der Waals surface area contributed by atoms with E-state index in [2.05, 4.69) is 32.9 Å². The molecular formula is C31H36O4. The smallest absolute Gasteiger partial charge is 0.339 e. The number of ether oxygens (including phenoxy) is 2. The van der Waals surface area contributed by atoms with Gasteiger partial charge in [0.15, 0.2) is 11.7 Å². The first-order chi connectivity index (χ1) is 17.0. The van der Waals surface area contributed by atoms with Crippen LogP contribution in [0.25, 0.3) is 0 Å². The maximum absolute atomic E-state index is 13.6. The maximum atomic E-state index is 13.6. The van der Waals surface area contributed by atoms with Gasteiger partial charge in [-0.3, -0.25) is 0 Å². The van der Waals surface area contributed by atoms with Gasteiger partial charge in [-0.2, -0.15) is 0 Å². The van der Waals surface area contributed by atoms with Crippen LogP contribution in [0.3, 0.4) is 0 Å². The van der Waals surface area contributed by atoms with Crippen LogP contribution in [0.1, 0.15) is 80.0 Å². The molecule has 2 unspecified atom stereocenters. The van der Waals surface area contributed by atoms with Crippen LogP contribution < -0.4 is 0 Å². The molecule has 4 rings (SSSR count). The van der Waals surface area contributed by atoms with Crippen LogP contribution in [0.4, 0.5) is 0 Å². The summed E-state index contributed by atoms with van der Waals surface area (Å²) in [5.41, 5.74) is 2.01. The Morgan fingerprint density at radius 3 is 2.00 bits per heavy atom. The summed E-state index contributed by atoms with van der Waals surface area (Å²) in [6.45, 7) is 6.37. The maximum Gasteiger partial charge on any atom is 0.339 e. The molecule has 1 saturated carbocycles. The van der Waals surface area contributed by atoms with Gasteiger partial charge in [0.25, 0.3) is 0 Å². The molecule has 0 spiro atoms. The molecule has 184 valence electrons. The third kappa shape index (κ3) is 5.12. The Morgan fingerprint density at radius 1 is 0.886 bits per heavy atom. The Hall–Kier alpha value is -3.14. The number of carbonyl (C=O) groups excluding carboxylic acids is 2. The first-order valence-corrected chi connectivity index (χ1v) is 12.9. The summed E-state index contributed by atoms with van der Waals surface area (Å²) in [6, 6.07) is 18.2. The van der Waals surface area contributed by atoms with Gasteiger partial charge in [0.2, 0.25) is 0 Å². The fourth-order valence-corrected chi connectivity index (χ4v) is 5.69. The summed E-state index contributed by atoms with van der Waals surface area (Å²) in [6.07, 6.45) is 9.25. The average Bonchev–Trinajstić information content (AvgIpc) is 3.42. The summed E-state index contributed by atoms with van der Waals surface area (Å²) in [4.78, 5) is 27.0. The van der Waals surface area contributed by atoms with Crippen molar-refractivity contribution in [2.75, 3.05) is 0 Å². The van der Waals surface area contributed by atoms with Crippen molar-refractivity contribution in [3.8, 4) is 0 Å². The highest BCUT2D eigenvalue weighted by molar-refractivity contribution is 5.91. The minimum absolute atomic E-state index is 0.0814. The summed E-state index contributed by atoms with van der Waals surface area (Å²) >= 11 is 0. The molecule has 0 amide bonds. The van der Waals surface area contributed by atoms with E-state index in [1.807, 2.05) is 36.4 Å². The van der Waals surface area contributed by atoms with Gasteiger partial charge < -0.3 is 9.47 Å². The molecule has 2 aromatic rings. The Kier molecular flexibility index (Phi) is 7.90. The number of benzene rings is 2. The predicted octanol–water partition coefficient (Wildman–Crippen LogP) is 7.32. The minimum atomic E-state index is -1.03.